The van der Waals surface area contributed by atoms with Crippen LogP contribution in [-0.4, -0.2) is 37.3 Å². The van der Waals surface area contributed by atoms with Crippen molar-refractivity contribution in [2.45, 2.75) is 38.0 Å². The lowest BCUT2D eigenvalue weighted by Crippen LogP contribution is -2.35. The Bertz CT molecular complexity index is 773. The van der Waals surface area contributed by atoms with Gasteiger partial charge in [0.2, 0.25) is 0 Å². The SMILES string of the molecule is COCc1nc(C2CC(N)C2)cc(N(C)Cc2cc(Cl)ccc2OC)n1.Cl.Cl. The molecule has 1 heterocycles. The third kappa shape index (κ3) is 5.84. The lowest BCUT2D eigenvalue weighted by Gasteiger charge is -2.32. The highest BCUT2D eigenvalue weighted by Crippen LogP contribution is 2.36. The number of aromatic nitrogens is 2. The lowest BCUT2D eigenvalue weighted by atomic mass is 9.78. The molecule has 1 aromatic carbocycles. The number of hydrogen-bond acceptors (Lipinski definition) is 6. The molecule has 0 radical (unpaired) electrons. The first kappa shape index (κ1) is 24.7. The maximum Gasteiger partial charge on any atom is 0.156 e. The van der Waals surface area contributed by atoms with Crippen molar-refractivity contribution in [3.05, 3.63) is 46.4 Å². The number of methoxy groups -OCH3 is 2. The molecule has 0 bridgehead atoms. The summed E-state index contributed by atoms with van der Waals surface area (Å²) in [5.74, 6) is 2.74. The summed E-state index contributed by atoms with van der Waals surface area (Å²) in [6, 6.07) is 7.94. The van der Waals surface area contributed by atoms with Crippen molar-refractivity contribution in [2.75, 3.05) is 26.2 Å². The topological polar surface area (TPSA) is 73.5 Å². The second-order valence-corrected chi connectivity index (χ2v) is 7.18. The maximum absolute atomic E-state index is 6.15. The molecular formula is C19H27Cl3N4O2. The summed E-state index contributed by atoms with van der Waals surface area (Å²) in [5.41, 5.74) is 7.98. The van der Waals surface area contributed by atoms with Crippen LogP contribution in [0.4, 0.5) is 5.82 Å². The fourth-order valence-electron chi connectivity index (χ4n) is 3.21. The zero-order valence-corrected chi connectivity index (χ0v) is 18.6. The van der Waals surface area contributed by atoms with Gasteiger partial charge in [-0.25, -0.2) is 9.97 Å². The molecule has 0 spiro atoms. The molecule has 1 saturated carbocycles. The Kier molecular flexibility index (Phi) is 9.74. The Morgan fingerprint density at radius 2 is 1.89 bits per heavy atom. The molecule has 1 aliphatic carbocycles. The largest absolute Gasteiger partial charge is 0.496 e. The van der Waals surface area contributed by atoms with Crippen LogP contribution in [0, 0.1) is 0 Å². The van der Waals surface area contributed by atoms with Crippen molar-refractivity contribution in [1.29, 1.82) is 0 Å². The number of nitrogens with zero attached hydrogens (tertiary/aromatic N) is 3. The number of nitrogens with two attached hydrogens (primary N) is 1. The molecule has 156 valence electrons. The van der Waals surface area contributed by atoms with Gasteiger partial charge in [-0.1, -0.05) is 11.6 Å². The minimum absolute atomic E-state index is 0. The Labute approximate surface area is 183 Å². The van der Waals surface area contributed by atoms with Crippen LogP contribution in [-0.2, 0) is 17.9 Å². The normalized spacial score (nSPS) is 17.8. The Morgan fingerprint density at radius 3 is 2.50 bits per heavy atom. The van der Waals surface area contributed by atoms with E-state index in [1.54, 1.807) is 14.2 Å². The van der Waals surface area contributed by atoms with E-state index in [-0.39, 0.29) is 30.9 Å². The van der Waals surface area contributed by atoms with Gasteiger partial charge in [-0.3, -0.25) is 0 Å². The summed E-state index contributed by atoms with van der Waals surface area (Å²) in [6.07, 6.45) is 1.93. The molecule has 0 aliphatic heterocycles. The highest BCUT2D eigenvalue weighted by molar-refractivity contribution is 6.30. The molecule has 9 heteroatoms. The van der Waals surface area contributed by atoms with Crippen molar-refractivity contribution < 1.29 is 9.47 Å². The zero-order chi connectivity index (χ0) is 18.7. The number of hydrogen-bond donors (Lipinski definition) is 1. The summed E-state index contributed by atoms with van der Waals surface area (Å²) in [7, 11) is 5.30. The number of benzene rings is 1. The van der Waals surface area contributed by atoms with Gasteiger partial charge in [0, 0.05) is 55.0 Å². The molecule has 0 amide bonds. The molecule has 28 heavy (non-hydrogen) atoms. The van der Waals surface area contributed by atoms with Crippen molar-refractivity contribution in [2.24, 2.45) is 5.73 Å². The smallest absolute Gasteiger partial charge is 0.156 e. The van der Waals surface area contributed by atoms with Gasteiger partial charge in [-0.05, 0) is 31.0 Å². The molecule has 2 aromatic rings. The van der Waals surface area contributed by atoms with Crippen LogP contribution in [0.2, 0.25) is 5.02 Å². The molecule has 1 fully saturated rings. The molecular weight excluding hydrogens is 423 g/mol. The van der Waals surface area contributed by atoms with E-state index >= 15 is 0 Å². The van der Waals surface area contributed by atoms with E-state index in [4.69, 9.17) is 26.8 Å². The lowest BCUT2D eigenvalue weighted by molar-refractivity contribution is 0.177. The van der Waals surface area contributed by atoms with Gasteiger partial charge in [0.05, 0.1) is 7.11 Å². The first-order valence-electron chi connectivity index (χ1n) is 8.66. The van der Waals surface area contributed by atoms with Crippen LogP contribution >= 0.6 is 36.4 Å². The van der Waals surface area contributed by atoms with E-state index in [2.05, 4.69) is 14.9 Å². The van der Waals surface area contributed by atoms with Crippen molar-refractivity contribution in [1.82, 2.24) is 9.97 Å². The van der Waals surface area contributed by atoms with Crippen LogP contribution in [0.25, 0.3) is 0 Å². The molecule has 1 aliphatic rings. The second-order valence-electron chi connectivity index (χ2n) is 6.74. The summed E-state index contributed by atoms with van der Waals surface area (Å²) in [6.45, 7) is 1.00. The zero-order valence-electron chi connectivity index (χ0n) is 16.2. The fourth-order valence-corrected chi connectivity index (χ4v) is 3.41. The first-order chi connectivity index (χ1) is 12.5. The summed E-state index contributed by atoms with van der Waals surface area (Å²) < 4.78 is 10.7. The van der Waals surface area contributed by atoms with Crippen molar-refractivity contribution in [3.63, 3.8) is 0 Å². The predicted molar refractivity (Wildman–Crippen MR) is 117 cm³/mol. The highest BCUT2D eigenvalue weighted by atomic mass is 35.5. The number of ether oxygens (including phenoxy) is 2. The molecule has 1 aromatic heterocycles. The van der Waals surface area contributed by atoms with Gasteiger partial charge in [-0.15, -0.1) is 24.8 Å². The molecule has 0 atom stereocenters. The van der Waals surface area contributed by atoms with Gasteiger partial charge in [-0.2, -0.15) is 0 Å². The van der Waals surface area contributed by atoms with E-state index in [9.17, 15) is 0 Å². The number of rotatable bonds is 7. The van der Waals surface area contributed by atoms with Crippen molar-refractivity contribution in [3.8, 4) is 5.75 Å². The summed E-state index contributed by atoms with van der Waals surface area (Å²) in [5, 5.41) is 0.682. The van der Waals surface area contributed by atoms with Gasteiger partial charge in [0.25, 0.3) is 0 Å². The molecule has 2 N–H and O–H groups in total. The van der Waals surface area contributed by atoms with E-state index in [1.807, 2.05) is 31.3 Å². The quantitative estimate of drug-likeness (QED) is 0.689. The minimum Gasteiger partial charge on any atom is -0.496 e. The molecule has 3 rings (SSSR count). The standard InChI is InChI=1S/C19H25ClN4O2.2ClH/c1-24(10-13-6-14(20)4-5-17(13)26-3)19-9-16(12-7-15(21)8-12)22-18(23-19)11-25-2;;/h4-6,9,12,15H,7-8,10-11,21H2,1-3H3;2*1H. The summed E-state index contributed by atoms with van der Waals surface area (Å²) >= 11 is 6.15. The fraction of sp³-hybridized carbons (Fsp3) is 0.474. The third-order valence-corrected chi connectivity index (χ3v) is 4.92. The number of anilines is 1. The summed E-state index contributed by atoms with van der Waals surface area (Å²) in [4.78, 5) is 11.4. The molecule has 6 nitrogen and oxygen atoms in total. The molecule has 0 unspecified atom stereocenters. The van der Waals surface area contributed by atoms with E-state index in [0.717, 1.165) is 35.7 Å². The predicted octanol–water partition coefficient (Wildman–Crippen LogP) is 3.97. The van der Waals surface area contributed by atoms with Gasteiger partial charge in [0.1, 0.15) is 18.2 Å². The van der Waals surface area contributed by atoms with Crippen LogP contribution in [0.1, 0.15) is 35.8 Å². The van der Waals surface area contributed by atoms with Crippen LogP contribution < -0.4 is 15.4 Å². The Balaban J connectivity index is 0.00000196. The van der Waals surface area contributed by atoms with E-state index in [0.29, 0.717) is 29.9 Å². The minimum atomic E-state index is 0. The highest BCUT2D eigenvalue weighted by Gasteiger charge is 2.29. The Morgan fingerprint density at radius 1 is 1.18 bits per heavy atom. The average molecular weight is 450 g/mol. The first-order valence-corrected chi connectivity index (χ1v) is 9.04. The van der Waals surface area contributed by atoms with Crippen LogP contribution in [0.15, 0.2) is 24.3 Å². The van der Waals surface area contributed by atoms with E-state index < -0.39 is 0 Å². The van der Waals surface area contributed by atoms with Gasteiger partial charge >= 0.3 is 0 Å². The van der Waals surface area contributed by atoms with Crippen molar-refractivity contribution >= 4 is 42.2 Å². The van der Waals surface area contributed by atoms with E-state index in [1.165, 1.54) is 0 Å². The van der Waals surface area contributed by atoms with Gasteiger partial charge in [0.15, 0.2) is 5.82 Å². The third-order valence-electron chi connectivity index (χ3n) is 4.69. The number of halogens is 3. The van der Waals surface area contributed by atoms with Gasteiger partial charge < -0.3 is 20.1 Å². The maximum atomic E-state index is 6.15. The van der Waals surface area contributed by atoms with Crippen LogP contribution in [0.3, 0.4) is 0 Å². The molecule has 0 saturated heterocycles. The Hall–Kier alpha value is -1.31. The van der Waals surface area contributed by atoms with Crippen LogP contribution in [0.5, 0.6) is 5.75 Å². The monoisotopic (exact) mass is 448 g/mol. The second kappa shape index (κ2) is 11.0. The average Bonchev–Trinajstić information content (AvgIpc) is 2.59.